The van der Waals surface area contributed by atoms with E-state index in [-0.39, 0.29) is 5.54 Å². The molecular formula is C15H24N4O. The van der Waals surface area contributed by atoms with Gasteiger partial charge in [-0.3, -0.25) is 4.79 Å². The van der Waals surface area contributed by atoms with Gasteiger partial charge in [0.25, 0.3) is 5.91 Å². The van der Waals surface area contributed by atoms with Gasteiger partial charge < -0.3 is 21.7 Å². The summed E-state index contributed by atoms with van der Waals surface area (Å²) in [5.41, 5.74) is 13.0. The lowest BCUT2D eigenvalue weighted by Gasteiger charge is -2.36. The van der Waals surface area contributed by atoms with Crippen LogP contribution in [0.25, 0.3) is 0 Å². The second kappa shape index (κ2) is 5.71. The number of rotatable bonds is 5. The number of nitrogens with two attached hydrogens (primary N) is 2. The molecule has 1 fully saturated rings. The highest BCUT2D eigenvalue weighted by molar-refractivity contribution is 5.98. The fraction of sp³-hybridized carbons (Fsp3) is 0.533. The summed E-state index contributed by atoms with van der Waals surface area (Å²) in [6, 6.07) is 5.34. The molecule has 0 aliphatic heterocycles. The van der Waals surface area contributed by atoms with Crippen LogP contribution in [0.4, 0.5) is 11.4 Å². The number of nitrogens with zero attached hydrogens (tertiary/aromatic N) is 1. The van der Waals surface area contributed by atoms with Gasteiger partial charge in [-0.25, -0.2) is 0 Å². The molecule has 1 amide bonds. The molecule has 0 saturated heterocycles. The Morgan fingerprint density at radius 3 is 2.55 bits per heavy atom. The number of primary amides is 1. The summed E-state index contributed by atoms with van der Waals surface area (Å²) in [6.07, 6.45) is 4.94. The van der Waals surface area contributed by atoms with E-state index in [1.165, 1.54) is 25.7 Å². The third-order valence-corrected chi connectivity index (χ3v) is 4.42. The molecule has 2 rings (SSSR count). The Morgan fingerprint density at radius 2 is 2.00 bits per heavy atom. The highest BCUT2D eigenvalue weighted by Gasteiger charge is 2.35. The molecule has 20 heavy (non-hydrogen) atoms. The monoisotopic (exact) mass is 276 g/mol. The standard InChI is InChI=1S/C15H24N4O/c1-19(2)15(7-3-4-8-15)10-18-11-5-6-13(16)12(9-11)14(17)20/h5-6,9,18H,3-4,7-8,10,16H2,1-2H3,(H2,17,20). The molecule has 5 nitrogen and oxygen atoms in total. The Balaban J connectivity index is 2.10. The summed E-state index contributed by atoms with van der Waals surface area (Å²) >= 11 is 0. The summed E-state index contributed by atoms with van der Waals surface area (Å²) in [7, 11) is 4.26. The molecule has 0 heterocycles. The lowest BCUT2D eigenvalue weighted by molar-refractivity contribution is 0.100. The van der Waals surface area contributed by atoms with Crippen molar-refractivity contribution in [2.45, 2.75) is 31.2 Å². The molecule has 0 radical (unpaired) electrons. The molecule has 1 aliphatic rings. The van der Waals surface area contributed by atoms with Gasteiger partial charge in [0, 0.05) is 23.5 Å². The van der Waals surface area contributed by atoms with Crippen LogP contribution in [0.15, 0.2) is 18.2 Å². The number of anilines is 2. The molecule has 0 bridgehead atoms. The van der Waals surface area contributed by atoms with E-state index in [0.29, 0.717) is 11.3 Å². The average molecular weight is 276 g/mol. The van der Waals surface area contributed by atoms with Gasteiger partial charge in [-0.1, -0.05) is 12.8 Å². The molecule has 0 aromatic heterocycles. The molecule has 0 spiro atoms. The molecule has 5 heteroatoms. The maximum absolute atomic E-state index is 11.3. The molecule has 110 valence electrons. The second-order valence-electron chi connectivity index (χ2n) is 5.85. The highest BCUT2D eigenvalue weighted by atomic mass is 16.1. The van der Waals surface area contributed by atoms with E-state index >= 15 is 0 Å². The number of amides is 1. The van der Waals surface area contributed by atoms with Crippen LogP contribution in [0.1, 0.15) is 36.0 Å². The first kappa shape index (κ1) is 14.7. The van der Waals surface area contributed by atoms with Crippen LogP contribution < -0.4 is 16.8 Å². The molecule has 5 N–H and O–H groups in total. The molecule has 1 aromatic carbocycles. The van der Waals surface area contributed by atoms with Gasteiger partial charge in [-0.2, -0.15) is 0 Å². The quantitative estimate of drug-likeness (QED) is 0.714. The van der Waals surface area contributed by atoms with Crippen molar-refractivity contribution in [1.82, 2.24) is 4.90 Å². The average Bonchev–Trinajstić information content (AvgIpc) is 2.87. The van der Waals surface area contributed by atoms with Gasteiger partial charge in [0.15, 0.2) is 0 Å². The number of benzene rings is 1. The number of nitrogens with one attached hydrogen (secondary N) is 1. The summed E-state index contributed by atoms with van der Waals surface area (Å²) in [5, 5.41) is 3.43. The Labute approximate surface area is 120 Å². The smallest absolute Gasteiger partial charge is 0.250 e. The highest BCUT2D eigenvalue weighted by Crippen LogP contribution is 2.34. The minimum atomic E-state index is -0.491. The van der Waals surface area contributed by atoms with Crippen molar-refractivity contribution < 1.29 is 4.79 Å². The molecule has 1 saturated carbocycles. The number of nitrogen functional groups attached to an aromatic ring is 1. The molecule has 0 unspecified atom stereocenters. The second-order valence-corrected chi connectivity index (χ2v) is 5.85. The number of hydrogen-bond donors (Lipinski definition) is 3. The fourth-order valence-electron chi connectivity index (χ4n) is 2.96. The maximum atomic E-state index is 11.3. The maximum Gasteiger partial charge on any atom is 0.250 e. The zero-order chi connectivity index (χ0) is 14.8. The molecular weight excluding hydrogens is 252 g/mol. The number of carbonyl (C=O) groups is 1. The van der Waals surface area contributed by atoms with E-state index in [9.17, 15) is 4.79 Å². The Morgan fingerprint density at radius 1 is 1.35 bits per heavy atom. The van der Waals surface area contributed by atoms with Gasteiger partial charge in [-0.05, 0) is 45.1 Å². The van der Waals surface area contributed by atoms with Crippen LogP contribution in [0.3, 0.4) is 0 Å². The van der Waals surface area contributed by atoms with Gasteiger partial charge in [0.1, 0.15) is 0 Å². The van der Waals surface area contributed by atoms with Crippen LogP contribution in [-0.4, -0.2) is 37.0 Å². The lowest BCUT2D eigenvalue weighted by Crippen LogP contribution is -2.47. The summed E-state index contributed by atoms with van der Waals surface area (Å²) in [6.45, 7) is 0.863. The zero-order valence-corrected chi connectivity index (χ0v) is 12.3. The van der Waals surface area contributed by atoms with E-state index in [2.05, 4.69) is 24.3 Å². The largest absolute Gasteiger partial charge is 0.398 e. The first-order chi connectivity index (χ1) is 9.44. The van der Waals surface area contributed by atoms with Crippen LogP contribution in [0.5, 0.6) is 0 Å². The van der Waals surface area contributed by atoms with Crippen molar-refractivity contribution in [2.24, 2.45) is 5.73 Å². The minimum absolute atomic E-state index is 0.203. The van der Waals surface area contributed by atoms with Crippen LogP contribution in [-0.2, 0) is 0 Å². The van der Waals surface area contributed by atoms with E-state index in [1.807, 2.05) is 6.07 Å². The number of hydrogen-bond acceptors (Lipinski definition) is 4. The molecule has 1 aromatic rings. The van der Waals surface area contributed by atoms with Crippen LogP contribution >= 0.6 is 0 Å². The molecule has 0 atom stereocenters. The normalized spacial score (nSPS) is 17.4. The third-order valence-electron chi connectivity index (χ3n) is 4.42. The summed E-state index contributed by atoms with van der Waals surface area (Å²) < 4.78 is 0. The van der Waals surface area contributed by atoms with Crippen molar-refractivity contribution in [1.29, 1.82) is 0 Å². The zero-order valence-electron chi connectivity index (χ0n) is 12.3. The van der Waals surface area contributed by atoms with E-state index in [0.717, 1.165) is 12.2 Å². The van der Waals surface area contributed by atoms with Gasteiger partial charge in [0.05, 0.1) is 5.56 Å². The van der Waals surface area contributed by atoms with Crippen molar-refractivity contribution >= 4 is 17.3 Å². The number of carbonyl (C=O) groups excluding carboxylic acids is 1. The topological polar surface area (TPSA) is 84.4 Å². The number of likely N-dealkylation sites (N-methyl/N-ethyl adjacent to an activating group) is 1. The summed E-state index contributed by atoms with van der Waals surface area (Å²) in [5.74, 6) is -0.491. The Hall–Kier alpha value is -1.75. The first-order valence-corrected chi connectivity index (χ1v) is 7.05. The third kappa shape index (κ3) is 2.88. The predicted octanol–water partition coefficient (Wildman–Crippen LogP) is 1.65. The lowest BCUT2D eigenvalue weighted by atomic mass is 9.96. The van der Waals surface area contributed by atoms with E-state index in [4.69, 9.17) is 11.5 Å². The Bertz CT molecular complexity index is 493. The first-order valence-electron chi connectivity index (χ1n) is 7.05. The van der Waals surface area contributed by atoms with Gasteiger partial charge >= 0.3 is 0 Å². The van der Waals surface area contributed by atoms with E-state index in [1.54, 1.807) is 12.1 Å². The van der Waals surface area contributed by atoms with E-state index < -0.39 is 5.91 Å². The van der Waals surface area contributed by atoms with Crippen molar-refractivity contribution in [3.05, 3.63) is 23.8 Å². The minimum Gasteiger partial charge on any atom is -0.398 e. The SMILES string of the molecule is CN(C)C1(CNc2ccc(N)c(C(N)=O)c2)CCCC1. The molecule has 1 aliphatic carbocycles. The van der Waals surface area contributed by atoms with Crippen LogP contribution in [0.2, 0.25) is 0 Å². The van der Waals surface area contributed by atoms with Crippen molar-refractivity contribution in [2.75, 3.05) is 31.7 Å². The predicted molar refractivity (Wildman–Crippen MR) is 82.7 cm³/mol. The van der Waals surface area contributed by atoms with Gasteiger partial charge in [-0.15, -0.1) is 0 Å². The fourth-order valence-corrected chi connectivity index (χ4v) is 2.96. The van der Waals surface area contributed by atoms with Gasteiger partial charge in [0.2, 0.25) is 0 Å². The Kier molecular flexibility index (Phi) is 4.18. The van der Waals surface area contributed by atoms with Crippen molar-refractivity contribution in [3.8, 4) is 0 Å². The summed E-state index contributed by atoms with van der Waals surface area (Å²) in [4.78, 5) is 13.6. The van der Waals surface area contributed by atoms with Crippen molar-refractivity contribution in [3.63, 3.8) is 0 Å². The van der Waals surface area contributed by atoms with Crippen LogP contribution in [0, 0.1) is 0 Å².